The van der Waals surface area contributed by atoms with Crippen LogP contribution in [-0.4, -0.2) is 49.0 Å². The molecule has 134 valence electrons. The molecule has 24 heavy (non-hydrogen) atoms. The van der Waals surface area contributed by atoms with Crippen molar-refractivity contribution in [3.05, 3.63) is 24.3 Å². The smallest absolute Gasteiger partial charge is 0.242 e. The van der Waals surface area contributed by atoms with Crippen LogP contribution >= 0.6 is 12.2 Å². The fraction of sp³-hybridized carbons (Fsp3) is 0.562. The maximum absolute atomic E-state index is 12.2. The van der Waals surface area contributed by atoms with Crippen LogP contribution in [0.2, 0.25) is 0 Å². The van der Waals surface area contributed by atoms with E-state index in [1.807, 2.05) is 0 Å². The summed E-state index contributed by atoms with van der Waals surface area (Å²) < 4.78 is 25.6. The molecule has 0 amide bonds. The van der Waals surface area contributed by atoms with Crippen molar-refractivity contribution >= 4 is 33.0 Å². The van der Waals surface area contributed by atoms with Crippen molar-refractivity contribution in [3.63, 3.8) is 0 Å². The number of rotatable bonds is 4. The molecule has 2 rings (SSSR count). The van der Waals surface area contributed by atoms with Gasteiger partial charge in [0, 0.05) is 31.9 Å². The van der Waals surface area contributed by atoms with Gasteiger partial charge in [0.2, 0.25) is 10.0 Å². The third kappa shape index (κ3) is 4.44. The molecule has 1 aliphatic rings. The molecule has 0 bridgehead atoms. The van der Waals surface area contributed by atoms with Gasteiger partial charge in [0.05, 0.1) is 4.90 Å². The predicted octanol–water partition coefficient (Wildman–Crippen LogP) is 2.40. The van der Waals surface area contributed by atoms with E-state index in [1.54, 1.807) is 24.3 Å². The van der Waals surface area contributed by atoms with E-state index in [2.05, 4.69) is 29.6 Å². The molecule has 0 aliphatic carbocycles. The zero-order valence-corrected chi connectivity index (χ0v) is 16.2. The van der Waals surface area contributed by atoms with Gasteiger partial charge in [0.25, 0.3) is 0 Å². The van der Waals surface area contributed by atoms with Gasteiger partial charge in [-0.15, -0.1) is 0 Å². The first-order valence-corrected chi connectivity index (χ1v) is 9.95. The number of anilines is 1. The van der Waals surface area contributed by atoms with E-state index >= 15 is 0 Å². The average Bonchev–Trinajstić information content (AvgIpc) is 2.51. The first kappa shape index (κ1) is 19.1. The normalized spacial score (nSPS) is 22.4. The molecule has 8 heteroatoms. The van der Waals surface area contributed by atoms with Crippen LogP contribution in [0.25, 0.3) is 0 Å². The van der Waals surface area contributed by atoms with E-state index in [9.17, 15) is 8.42 Å². The summed E-state index contributed by atoms with van der Waals surface area (Å²) in [6, 6.07) is 7.49. The summed E-state index contributed by atoms with van der Waals surface area (Å²) in [7, 11) is -0.431. The highest BCUT2D eigenvalue weighted by Crippen LogP contribution is 2.21. The number of piperidine rings is 1. The van der Waals surface area contributed by atoms with Gasteiger partial charge in [0.1, 0.15) is 0 Å². The second-order valence-electron chi connectivity index (χ2n) is 6.42. The third-order valence-electron chi connectivity index (χ3n) is 4.29. The molecule has 2 atom stereocenters. The maximum atomic E-state index is 12.2. The summed E-state index contributed by atoms with van der Waals surface area (Å²) in [4.78, 5) is 0.236. The Morgan fingerprint density at radius 2 is 1.88 bits per heavy atom. The Morgan fingerprint density at radius 1 is 1.25 bits per heavy atom. The van der Waals surface area contributed by atoms with Gasteiger partial charge in [-0.25, -0.2) is 17.7 Å². The fourth-order valence-electron chi connectivity index (χ4n) is 2.86. The average molecular weight is 371 g/mol. The van der Waals surface area contributed by atoms with Crippen molar-refractivity contribution < 1.29 is 8.42 Å². The third-order valence-corrected chi connectivity index (χ3v) is 6.30. The Balaban J connectivity index is 2.07. The second-order valence-corrected chi connectivity index (χ2v) is 8.98. The van der Waals surface area contributed by atoms with Crippen molar-refractivity contribution in [1.29, 1.82) is 0 Å². The maximum Gasteiger partial charge on any atom is 0.242 e. The molecule has 1 aromatic carbocycles. The molecule has 2 N–H and O–H groups in total. The van der Waals surface area contributed by atoms with Crippen molar-refractivity contribution in [2.75, 3.05) is 19.4 Å². The predicted molar refractivity (Wildman–Crippen MR) is 101 cm³/mol. The fourth-order valence-corrected chi connectivity index (χ4v) is 4.03. The highest BCUT2D eigenvalue weighted by atomic mass is 32.2. The Labute approximate surface area is 150 Å². The molecule has 0 aromatic heterocycles. The summed E-state index contributed by atoms with van der Waals surface area (Å²) in [6.45, 7) is 4.35. The van der Waals surface area contributed by atoms with Crippen LogP contribution in [0.5, 0.6) is 0 Å². The first-order chi connectivity index (χ1) is 11.2. The molecule has 1 aromatic rings. The molecule has 0 radical (unpaired) electrons. The zero-order valence-electron chi connectivity index (χ0n) is 14.6. The zero-order chi connectivity index (χ0) is 17.9. The minimum Gasteiger partial charge on any atom is -0.332 e. The number of benzene rings is 1. The lowest BCUT2D eigenvalue weighted by Crippen LogP contribution is -2.55. The van der Waals surface area contributed by atoms with Crippen molar-refractivity contribution in [1.82, 2.24) is 14.7 Å². The number of sulfonamides is 1. The Morgan fingerprint density at radius 3 is 2.46 bits per heavy atom. The highest BCUT2D eigenvalue weighted by Gasteiger charge is 2.25. The molecule has 1 aliphatic heterocycles. The minimum absolute atomic E-state index is 0.236. The first-order valence-electron chi connectivity index (χ1n) is 8.10. The molecule has 6 nitrogen and oxygen atoms in total. The summed E-state index contributed by atoms with van der Waals surface area (Å²) in [6.07, 6.45) is 3.50. The van der Waals surface area contributed by atoms with E-state index in [0.29, 0.717) is 22.9 Å². The SMILES string of the molecule is C[C@@H]1CCC[C@H](C)N1NC(=S)Nc1cccc(S(=O)(=O)N(C)C)c1. The standard InChI is InChI=1S/C16H26N4O2S2/c1-12-7-5-8-13(2)20(12)18-16(23)17-14-9-6-10-15(11-14)24(21,22)19(3)4/h6,9-13H,5,7-8H2,1-4H3,(H2,17,18,23)/t12-,13+. The van der Waals surface area contributed by atoms with Crippen molar-refractivity contribution in [2.45, 2.75) is 50.1 Å². The Hall–Kier alpha value is -1.22. The summed E-state index contributed by atoms with van der Waals surface area (Å²) >= 11 is 5.39. The Bertz CT molecular complexity index is 681. The lowest BCUT2D eigenvalue weighted by Gasteiger charge is -2.39. The van der Waals surface area contributed by atoms with Gasteiger partial charge in [-0.1, -0.05) is 12.5 Å². The van der Waals surface area contributed by atoms with Gasteiger partial charge >= 0.3 is 0 Å². The quantitative estimate of drug-likeness (QED) is 0.794. The molecule has 1 saturated heterocycles. The van der Waals surface area contributed by atoms with Crippen LogP contribution in [0.1, 0.15) is 33.1 Å². The van der Waals surface area contributed by atoms with E-state index in [0.717, 1.165) is 12.8 Å². The largest absolute Gasteiger partial charge is 0.332 e. The lowest BCUT2D eigenvalue weighted by molar-refractivity contribution is 0.0750. The van der Waals surface area contributed by atoms with E-state index < -0.39 is 10.0 Å². The molecule has 1 fully saturated rings. The van der Waals surface area contributed by atoms with Crippen LogP contribution in [-0.2, 0) is 10.0 Å². The molecular weight excluding hydrogens is 344 g/mol. The van der Waals surface area contributed by atoms with Gasteiger partial charge in [0.15, 0.2) is 5.11 Å². The molecule has 1 heterocycles. The highest BCUT2D eigenvalue weighted by molar-refractivity contribution is 7.89. The summed E-state index contributed by atoms with van der Waals surface area (Å²) in [5.41, 5.74) is 3.89. The number of hydrogen-bond donors (Lipinski definition) is 2. The summed E-state index contributed by atoms with van der Waals surface area (Å²) in [5.74, 6) is 0. The minimum atomic E-state index is -3.46. The number of hydrazine groups is 1. The van der Waals surface area contributed by atoms with Crippen LogP contribution in [0.3, 0.4) is 0 Å². The van der Waals surface area contributed by atoms with E-state index in [-0.39, 0.29) is 4.90 Å². The van der Waals surface area contributed by atoms with Crippen LogP contribution < -0.4 is 10.7 Å². The number of nitrogens with one attached hydrogen (secondary N) is 2. The lowest BCUT2D eigenvalue weighted by atomic mass is 10.00. The molecule has 0 saturated carbocycles. The van der Waals surface area contributed by atoms with Crippen molar-refractivity contribution in [3.8, 4) is 0 Å². The van der Waals surface area contributed by atoms with Crippen LogP contribution in [0.4, 0.5) is 5.69 Å². The monoisotopic (exact) mass is 370 g/mol. The number of hydrogen-bond acceptors (Lipinski definition) is 4. The van der Waals surface area contributed by atoms with Gasteiger partial charge in [-0.2, -0.15) is 0 Å². The molecule has 0 spiro atoms. The van der Waals surface area contributed by atoms with Gasteiger partial charge in [-0.05, 0) is 57.1 Å². The van der Waals surface area contributed by atoms with Gasteiger partial charge in [-0.3, -0.25) is 5.43 Å². The van der Waals surface area contributed by atoms with E-state index in [1.165, 1.54) is 24.8 Å². The topological polar surface area (TPSA) is 64.7 Å². The number of nitrogens with zero attached hydrogens (tertiary/aromatic N) is 2. The van der Waals surface area contributed by atoms with E-state index in [4.69, 9.17) is 12.2 Å². The summed E-state index contributed by atoms with van der Waals surface area (Å²) in [5, 5.41) is 5.71. The van der Waals surface area contributed by atoms with Gasteiger partial charge < -0.3 is 5.32 Å². The Kier molecular flexibility index (Phi) is 6.19. The van der Waals surface area contributed by atoms with Crippen LogP contribution in [0, 0.1) is 0 Å². The molecular formula is C16H26N4O2S2. The second kappa shape index (κ2) is 7.77. The van der Waals surface area contributed by atoms with Crippen molar-refractivity contribution in [2.24, 2.45) is 0 Å². The number of thiocarbonyl (C=S) groups is 1. The van der Waals surface area contributed by atoms with Crippen LogP contribution in [0.15, 0.2) is 29.2 Å². The molecule has 0 unspecified atom stereocenters.